The molecule has 0 atom stereocenters. The van der Waals surface area contributed by atoms with Gasteiger partial charge in [-0.1, -0.05) is 28.4 Å². The largest absolute Gasteiger partial charge is 0.470 e. The van der Waals surface area contributed by atoms with E-state index in [9.17, 15) is 5.11 Å². The molecule has 0 fully saturated rings. The van der Waals surface area contributed by atoms with Crippen LogP contribution in [0, 0.1) is 27.7 Å². The van der Waals surface area contributed by atoms with Crippen LogP contribution >= 0.6 is 23.2 Å². The number of hydrogen-bond acceptors (Lipinski definition) is 5. The molecular weight excluding hydrogens is 353 g/mol. The van der Waals surface area contributed by atoms with Crippen molar-refractivity contribution in [3.05, 3.63) is 50.2 Å². The molecule has 0 saturated carbocycles. The van der Waals surface area contributed by atoms with Gasteiger partial charge >= 0.3 is 11.8 Å². The molecule has 1 aromatic heterocycles. The third-order valence-corrected chi connectivity index (χ3v) is 4.48. The molecule has 126 valence electrons. The van der Waals surface area contributed by atoms with Gasteiger partial charge < -0.3 is 14.4 Å². The summed E-state index contributed by atoms with van der Waals surface area (Å²) >= 11 is 12.4. The number of rotatable bonds is 4. The Labute approximate surface area is 149 Å². The van der Waals surface area contributed by atoms with Gasteiger partial charge in [0.05, 0.1) is 15.7 Å². The molecule has 24 heavy (non-hydrogen) atoms. The molecule has 0 aliphatic rings. The van der Waals surface area contributed by atoms with Crippen LogP contribution in [0.15, 0.2) is 21.6 Å². The van der Waals surface area contributed by atoms with Gasteiger partial charge in [0.25, 0.3) is 0 Å². The Morgan fingerprint density at radius 1 is 1.25 bits per heavy atom. The van der Waals surface area contributed by atoms with Crippen LogP contribution in [0.25, 0.3) is 0 Å². The normalized spacial score (nSPS) is 10.1. The lowest BCUT2D eigenvalue weighted by molar-refractivity contribution is -0.0724. The van der Waals surface area contributed by atoms with Crippen molar-refractivity contribution in [3.8, 4) is 0 Å². The van der Waals surface area contributed by atoms with Gasteiger partial charge in [0.1, 0.15) is 9.90 Å². The van der Waals surface area contributed by atoms with E-state index in [0.29, 0.717) is 21.5 Å². The van der Waals surface area contributed by atoms with E-state index >= 15 is 0 Å². The van der Waals surface area contributed by atoms with Crippen LogP contribution in [0.2, 0.25) is 10.0 Å². The van der Waals surface area contributed by atoms with Crippen LogP contribution in [-0.2, 0) is 11.3 Å². The van der Waals surface area contributed by atoms with E-state index in [1.54, 1.807) is 13.0 Å². The quantitative estimate of drug-likeness (QED) is 0.363. The lowest BCUT2D eigenvalue weighted by atomic mass is 10.1. The zero-order valence-electron chi connectivity index (χ0n) is 13.6. The van der Waals surface area contributed by atoms with Crippen molar-refractivity contribution >= 4 is 34.8 Å². The highest BCUT2D eigenvalue weighted by Gasteiger charge is 2.17. The molecule has 0 aliphatic carbocycles. The SMILES string of the molecule is Cc1cc(COC(O)=C=[N+]=Nc2c(C)c(Cl)c(C)c(Cl)c2C)on1. The lowest BCUT2D eigenvalue weighted by Crippen LogP contribution is -1.92. The monoisotopic (exact) mass is 368 g/mol. The maximum absolute atomic E-state index is 9.60. The van der Waals surface area contributed by atoms with Crippen LogP contribution in [0.4, 0.5) is 5.69 Å². The molecule has 1 N–H and O–H groups in total. The zero-order valence-corrected chi connectivity index (χ0v) is 15.2. The van der Waals surface area contributed by atoms with Gasteiger partial charge in [-0.05, 0) is 33.3 Å². The molecule has 0 unspecified atom stereocenters. The number of aliphatic hydroxyl groups is 1. The summed E-state index contributed by atoms with van der Waals surface area (Å²) in [6.07, 6.45) is 0. The third-order valence-electron chi connectivity index (χ3n) is 3.35. The molecule has 2 aromatic rings. The highest BCUT2D eigenvalue weighted by molar-refractivity contribution is 6.37. The second-order valence-electron chi connectivity index (χ2n) is 5.19. The van der Waals surface area contributed by atoms with E-state index in [1.165, 1.54) is 0 Å². The third kappa shape index (κ3) is 3.99. The van der Waals surface area contributed by atoms with Crippen LogP contribution in [0.1, 0.15) is 28.1 Å². The number of ether oxygens (including phenoxy) is 1. The molecule has 0 aliphatic heterocycles. The highest BCUT2D eigenvalue weighted by Crippen LogP contribution is 2.38. The molecule has 2 rings (SSSR count). The Hall–Kier alpha value is -2.23. The Bertz CT molecular complexity index is 848. The van der Waals surface area contributed by atoms with E-state index < -0.39 is 5.95 Å². The lowest BCUT2D eigenvalue weighted by Gasteiger charge is -2.09. The van der Waals surface area contributed by atoms with Crippen molar-refractivity contribution in [2.24, 2.45) is 5.11 Å². The Morgan fingerprint density at radius 3 is 2.42 bits per heavy atom. The fourth-order valence-corrected chi connectivity index (χ4v) is 2.49. The fourth-order valence-electron chi connectivity index (χ4n) is 2.07. The topological polar surface area (TPSA) is 82.0 Å². The predicted octanol–water partition coefficient (Wildman–Crippen LogP) is 4.79. The maximum atomic E-state index is 9.60. The molecule has 0 radical (unpaired) electrons. The Morgan fingerprint density at radius 2 is 1.88 bits per heavy atom. The summed E-state index contributed by atoms with van der Waals surface area (Å²) in [5.41, 5.74) is 3.54. The van der Waals surface area contributed by atoms with Crippen molar-refractivity contribution in [3.63, 3.8) is 0 Å². The van der Waals surface area contributed by atoms with E-state index in [0.717, 1.165) is 22.4 Å². The average Bonchev–Trinajstić information content (AvgIpc) is 2.98. The highest BCUT2D eigenvalue weighted by atomic mass is 35.5. The summed E-state index contributed by atoms with van der Waals surface area (Å²) in [7, 11) is 0. The van der Waals surface area contributed by atoms with Gasteiger partial charge in [-0.15, -0.1) is 0 Å². The summed E-state index contributed by atoms with van der Waals surface area (Å²) in [4.78, 5) is 3.69. The molecule has 0 spiro atoms. The number of aryl methyl sites for hydroxylation is 1. The van der Waals surface area contributed by atoms with Crippen molar-refractivity contribution in [1.29, 1.82) is 0 Å². The first-order valence-corrected chi connectivity index (χ1v) is 7.79. The molecular formula is C16H16Cl2N3O3+. The van der Waals surface area contributed by atoms with Gasteiger partial charge in [0.15, 0.2) is 18.1 Å². The number of hydrogen-bond donors (Lipinski definition) is 1. The van der Waals surface area contributed by atoms with E-state index in [2.05, 4.69) is 20.9 Å². The molecule has 1 heterocycles. The van der Waals surface area contributed by atoms with Crippen molar-refractivity contribution < 1.29 is 19.2 Å². The number of aliphatic hydroxyl groups excluding tert-OH is 1. The van der Waals surface area contributed by atoms with Gasteiger partial charge in [0.2, 0.25) is 0 Å². The number of nitrogens with zero attached hydrogens (tertiary/aromatic N) is 3. The van der Waals surface area contributed by atoms with E-state index in [1.807, 2.05) is 20.8 Å². The number of aromatic nitrogens is 1. The van der Waals surface area contributed by atoms with Crippen molar-refractivity contribution in [1.82, 2.24) is 5.16 Å². The first-order valence-electron chi connectivity index (χ1n) is 7.03. The zero-order chi connectivity index (χ0) is 17.9. The standard InChI is InChI=1S/C16H15Cl2N3O3/c1-8-5-12(24-21-8)7-23-13(22)6-19-20-16-10(3)14(17)9(2)15(18)11(16)4/h5H,7H2,1-4H3/p+1. The smallest absolute Gasteiger partial charge is 0.441 e. The van der Waals surface area contributed by atoms with E-state index in [-0.39, 0.29) is 6.61 Å². The summed E-state index contributed by atoms with van der Waals surface area (Å²) < 4.78 is 9.97. The minimum atomic E-state index is -0.521. The number of benzene rings is 1. The van der Waals surface area contributed by atoms with Crippen LogP contribution in [0.5, 0.6) is 0 Å². The molecule has 0 saturated heterocycles. The van der Waals surface area contributed by atoms with Crippen LogP contribution < -0.4 is 0 Å². The summed E-state index contributed by atoms with van der Waals surface area (Å²) in [5.74, 6) is 2.23. The average molecular weight is 369 g/mol. The first-order chi connectivity index (χ1) is 11.3. The van der Waals surface area contributed by atoms with Crippen LogP contribution in [-0.4, -0.2) is 20.9 Å². The Kier molecular flexibility index (Phi) is 5.71. The van der Waals surface area contributed by atoms with Gasteiger partial charge in [-0.2, -0.15) is 0 Å². The summed E-state index contributed by atoms with van der Waals surface area (Å²) in [6.45, 7) is 7.27. The number of halogens is 2. The minimum absolute atomic E-state index is 0.00936. The molecule has 1 aromatic carbocycles. The summed E-state index contributed by atoms with van der Waals surface area (Å²) in [5, 5.41) is 18.4. The van der Waals surface area contributed by atoms with Crippen molar-refractivity contribution in [2.45, 2.75) is 34.3 Å². The summed E-state index contributed by atoms with van der Waals surface area (Å²) in [6, 6.07) is 1.69. The fraction of sp³-hybridized carbons (Fsp3) is 0.312. The second-order valence-corrected chi connectivity index (χ2v) is 5.95. The van der Waals surface area contributed by atoms with Gasteiger partial charge in [-0.25, -0.2) is 0 Å². The van der Waals surface area contributed by atoms with Gasteiger partial charge in [0, 0.05) is 17.2 Å². The molecule has 0 amide bonds. The molecule has 8 heteroatoms. The van der Waals surface area contributed by atoms with E-state index in [4.69, 9.17) is 32.5 Å². The predicted molar refractivity (Wildman–Crippen MR) is 90.2 cm³/mol. The maximum Gasteiger partial charge on any atom is 0.441 e. The van der Waals surface area contributed by atoms with Crippen LogP contribution in [0.3, 0.4) is 0 Å². The van der Waals surface area contributed by atoms with Crippen molar-refractivity contribution in [2.75, 3.05) is 0 Å². The molecule has 0 bridgehead atoms. The second kappa shape index (κ2) is 7.56. The van der Waals surface area contributed by atoms with Gasteiger partial charge in [-0.3, -0.25) is 0 Å². The molecule has 6 nitrogen and oxygen atoms in total. The minimum Gasteiger partial charge on any atom is -0.470 e. The first kappa shape index (κ1) is 18.1. The Balaban J connectivity index is 2.24.